The first-order chi connectivity index (χ1) is 6.45. The minimum atomic E-state index is -1.54. The minimum Gasteiger partial charge on any atom is -0.477 e. The normalized spacial score (nSPS) is 9.86. The number of rotatable bonds is 2. The number of nitrogens with zero attached hydrogens (tertiary/aromatic N) is 1. The average molecular weight is 264 g/mol. The fourth-order valence-corrected chi connectivity index (χ4v) is 1.21. The minimum absolute atomic E-state index is 0.144. The van der Waals surface area contributed by atoms with E-state index in [4.69, 9.17) is 5.11 Å². The van der Waals surface area contributed by atoms with Crippen molar-refractivity contribution in [2.75, 3.05) is 0 Å². The summed E-state index contributed by atoms with van der Waals surface area (Å²) in [7, 11) is 0. The van der Waals surface area contributed by atoms with Gasteiger partial charge in [-0.05, 0) is 28.1 Å². The first kappa shape index (κ1) is 10.6. The van der Waals surface area contributed by atoms with Crippen LogP contribution in [-0.4, -0.2) is 16.0 Å². The molecule has 0 bridgehead atoms. The van der Waals surface area contributed by atoms with Crippen molar-refractivity contribution in [2.24, 2.45) is 0 Å². The van der Waals surface area contributed by atoms with Crippen molar-refractivity contribution < 1.29 is 19.2 Å². The lowest BCUT2D eigenvalue weighted by Gasteiger charge is -2.00. The fourth-order valence-electron chi connectivity index (χ4n) is 0.891. The maximum atomic E-state index is 13.1. The van der Waals surface area contributed by atoms with Crippen molar-refractivity contribution in [3.05, 3.63) is 38.1 Å². The number of hydrogen-bond donors (Lipinski definition) is 1. The van der Waals surface area contributed by atoms with Gasteiger partial charge in [0, 0.05) is 0 Å². The second-order valence-electron chi connectivity index (χ2n) is 2.32. The second kappa shape index (κ2) is 3.70. The van der Waals surface area contributed by atoms with Crippen molar-refractivity contribution in [2.45, 2.75) is 0 Å². The molecule has 0 unspecified atom stereocenters. The lowest BCUT2D eigenvalue weighted by molar-refractivity contribution is -0.388. The molecule has 74 valence electrons. The standard InChI is InChI=1S/C7H3BrFNO4/c8-4-2-1-3(7(11)12)6(5(4)9)10(13)14/h1-2H,(H,11,12). The zero-order chi connectivity index (χ0) is 10.9. The van der Waals surface area contributed by atoms with Gasteiger partial charge in [0.2, 0.25) is 5.82 Å². The van der Waals surface area contributed by atoms with E-state index in [0.717, 1.165) is 12.1 Å². The van der Waals surface area contributed by atoms with E-state index in [1.165, 1.54) is 0 Å². The Labute approximate surface area is 85.4 Å². The third-order valence-electron chi connectivity index (χ3n) is 1.48. The number of halogens is 2. The molecule has 0 aliphatic heterocycles. The summed E-state index contributed by atoms with van der Waals surface area (Å²) in [5.41, 5.74) is -1.71. The van der Waals surface area contributed by atoms with Gasteiger partial charge in [-0.1, -0.05) is 0 Å². The van der Waals surface area contributed by atoms with Gasteiger partial charge < -0.3 is 5.11 Å². The Morgan fingerprint density at radius 1 is 1.57 bits per heavy atom. The highest BCUT2D eigenvalue weighted by Gasteiger charge is 2.26. The third kappa shape index (κ3) is 1.72. The highest BCUT2D eigenvalue weighted by Crippen LogP contribution is 2.28. The SMILES string of the molecule is O=C(O)c1ccc(Br)c(F)c1[N+](=O)[O-]. The van der Waals surface area contributed by atoms with Gasteiger partial charge in [0.05, 0.1) is 9.40 Å². The first-order valence-corrected chi connectivity index (χ1v) is 4.10. The Morgan fingerprint density at radius 3 is 2.57 bits per heavy atom. The molecule has 0 fully saturated rings. The van der Waals surface area contributed by atoms with Gasteiger partial charge >= 0.3 is 11.7 Å². The van der Waals surface area contributed by atoms with Gasteiger partial charge in [0.25, 0.3) is 0 Å². The van der Waals surface area contributed by atoms with Crippen LogP contribution in [0.25, 0.3) is 0 Å². The molecule has 1 aromatic rings. The molecule has 0 spiro atoms. The Kier molecular flexibility index (Phi) is 2.80. The number of aromatic carboxylic acids is 1. The summed E-state index contributed by atoms with van der Waals surface area (Å²) in [6, 6.07) is 2.07. The maximum Gasteiger partial charge on any atom is 0.342 e. The van der Waals surface area contributed by atoms with Crippen LogP contribution in [0.2, 0.25) is 0 Å². The summed E-state index contributed by atoms with van der Waals surface area (Å²) in [6.45, 7) is 0. The van der Waals surface area contributed by atoms with Crippen LogP contribution >= 0.6 is 15.9 Å². The molecule has 1 rings (SSSR count). The van der Waals surface area contributed by atoms with E-state index in [0.29, 0.717) is 0 Å². The number of carboxylic acids is 1. The van der Waals surface area contributed by atoms with E-state index < -0.39 is 28.0 Å². The Bertz CT molecular complexity index is 420. The number of nitro benzene ring substituents is 1. The molecule has 0 heterocycles. The van der Waals surface area contributed by atoms with Crippen molar-refractivity contribution in [3.8, 4) is 0 Å². The first-order valence-electron chi connectivity index (χ1n) is 3.31. The van der Waals surface area contributed by atoms with Gasteiger partial charge in [-0.25, -0.2) is 4.79 Å². The lowest BCUT2D eigenvalue weighted by atomic mass is 10.2. The van der Waals surface area contributed by atoms with Gasteiger partial charge in [0.1, 0.15) is 5.56 Å². The third-order valence-corrected chi connectivity index (χ3v) is 2.09. The molecule has 7 heteroatoms. The Morgan fingerprint density at radius 2 is 2.14 bits per heavy atom. The summed E-state index contributed by atoms with van der Waals surface area (Å²) < 4.78 is 13.0. The number of hydrogen-bond acceptors (Lipinski definition) is 3. The summed E-state index contributed by atoms with van der Waals surface area (Å²) in [4.78, 5) is 19.8. The van der Waals surface area contributed by atoms with Crippen LogP contribution in [0.5, 0.6) is 0 Å². The van der Waals surface area contributed by atoms with Gasteiger partial charge in [-0.3, -0.25) is 10.1 Å². The number of benzene rings is 1. The number of carbonyl (C=O) groups is 1. The molecule has 14 heavy (non-hydrogen) atoms. The van der Waals surface area contributed by atoms with Crippen molar-refractivity contribution >= 4 is 27.6 Å². The molecule has 1 aromatic carbocycles. The Hall–Kier alpha value is -1.50. The zero-order valence-electron chi connectivity index (χ0n) is 6.53. The van der Waals surface area contributed by atoms with Crippen LogP contribution in [0.15, 0.2) is 16.6 Å². The van der Waals surface area contributed by atoms with E-state index in [9.17, 15) is 19.3 Å². The molecule has 0 radical (unpaired) electrons. The predicted molar refractivity (Wildman–Crippen MR) is 47.7 cm³/mol. The molecular weight excluding hydrogens is 261 g/mol. The van der Waals surface area contributed by atoms with Gasteiger partial charge in [0.15, 0.2) is 0 Å². The zero-order valence-corrected chi connectivity index (χ0v) is 8.12. The molecule has 0 amide bonds. The topological polar surface area (TPSA) is 80.4 Å². The van der Waals surface area contributed by atoms with Crippen LogP contribution in [0, 0.1) is 15.9 Å². The van der Waals surface area contributed by atoms with E-state index in [-0.39, 0.29) is 4.47 Å². The summed E-state index contributed by atoms with van der Waals surface area (Å²) >= 11 is 2.73. The van der Waals surface area contributed by atoms with Crippen molar-refractivity contribution in [3.63, 3.8) is 0 Å². The van der Waals surface area contributed by atoms with E-state index in [1.807, 2.05) is 0 Å². The lowest BCUT2D eigenvalue weighted by Crippen LogP contribution is -2.05. The monoisotopic (exact) mass is 263 g/mol. The fraction of sp³-hybridized carbons (Fsp3) is 0. The highest BCUT2D eigenvalue weighted by molar-refractivity contribution is 9.10. The molecule has 0 aromatic heterocycles. The summed E-state index contributed by atoms with van der Waals surface area (Å²) in [5, 5.41) is 18.9. The summed E-state index contributed by atoms with van der Waals surface area (Å²) in [5.74, 6) is -2.72. The van der Waals surface area contributed by atoms with Gasteiger partial charge in [-0.15, -0.1) is 0 Å². The van der Waals surface area contributed by atoms with E-state index in [1.54, 1.807) is 0 Å². The number of carboxylic acid groups (broad SMARTS) is 1. The molecule has 0 aliphatic rings. The number of nitro groups is 1. The average Bonchev–Trinajstić information content (AvgIpc) is 2.08. The van der Waals surface area contributed by atoms with E-state index in [2.05, 4.69) is 15.9 Å². The predicted octanol–water partition coefficient (Wildman–Crippen LogP) is 2.19. The van der Waals surface area contributed by atoms with Crippen molar-refractivity contribution in [1.29, 1.82) is 0 Å². The molecule has 5 nitrogen and oxygen atoms in total. The largest absolute Gasteiger partial charge is 0.477 e. The van der Waals surface area contributed by atoms with Crippen LogP contribution in [0.1, 0.15) is 10.4 Å². The summed E-state index contributed by atoms with van der Waals surface area (Å²) in [6.07, 6.45) is 0. The van der Waals surface area contributed by atoms with Crippen LogP contribution < -0.4 is 0 Å². The maximum absolute atomic E-state index is 13.1. The van der Waals surface area contributed by atoms with Gasteiger partial charge in [-0.2, -0.15) is 4.39 Å². The van der Waals surface area contributed by atoms with Crippen LogP contribution in [-0.2, 0) is 0 Å². The van der Waals surface area contributed by atoms with E-state index >= 15 is 0 Å². The highest BCUT2D eigenvalue weighted by atomic mass is 79.9. The quantitative estimate of drug-likeness (QED) is 0.655. The molecule has 0 saturated heterocycles. The van der Waals surface area contributed by atoms with Crippen LogP contribution in [0.4, 0.5) is 10.1 Å². The second-order valence-corrected chi connectivity index (χ2v) is 3.17. The molecular formula is C7H3BrFNO4. The van der Waals surface area contributed by atoms with Crippen molar-refractivity contribution in [1.82, 2.24) is 0 Å². The molecule has 0 saturated carbocycles. The molecule has 0 aliphatic carbocycles. The molecule has 0 atom stereocenters. The smallest absolute Gasteiger partial charge is 0.342 e. The van der Waals surface area contributed by atoms with Crippen LogP contribution in [0.3, 0.4) is 0 Å². The molecule has 1 N–H and O–H groups in total. The Balaban J connectivity index is 3.53.